The van der Waals surface area contributed by atoms with Gasteiger partial charge in [0.15, 0.2) is 0 Å². The minimum absolute atomic E-state index is 0.0735. The number of aliphatic carboxylic acids is 1. The van der Waals surface area contributed by atoms with Crippen molar-refractivity contribution in [3.05, 3.63) is 52.6 Å². The molecule has 0 spiro atoms. The van der Waals surface area contributed by atoms with Crippen LogP contribution in [0.5, 0.6) is 0 Å². The molecule has 0 saturated carbocycles. The van der Waals surface area contributed by atoms with Gasteiger partial charge in [0, 0.05) is 10.5 Å². The number of hydrogen-bond acceptors (Lipinski definition) is 4. The molecule has 1 aliphatic rings. The molecule has 0 atom stereocenters. The number of nitrogens with zero attached hydrogens (tertiary/aromatic N) is 1. The van der Waals surface area contributed by atoms with Crippen molar-refractivity contribution in [1.29, 1.82) is 0 Å². The van der Waals surface area contributed by atoms with Gasteiger partial charge >= 0.3 is 5.97 Å². The lowest BCUT2D eigenvalue weighted by Crippen LogP contribution is -2.29. The van der Waals surface area contributed by atoms with Gasteiger partial charge in [-0.05, 0) is 25.1 Å². The van der Waals surface area contributed by atoms with Crippen molar-refractivity contribution in [3.63, 3.8) is 0 Å². The summed E-state index contributed by atoms with van der Waals surface area (Å²) >= 11 is 6.61. The monoisotopic (exact) mass is 345 g/mol. The van der Waals surface area contributed by atoms with Gasteiger partial charge in [-0.3, -0.25) is 4.79 Å². The summed E-state index contributed by atoms with van der Waals surface area (Å²) in [5.41, 5.74) is 2.24. The number of rotatable bonds is 4. The van der Waals surface area contributed by atoms with Crippen molar-refractivity contribution >= 4 is 40.3 Å². The molecule has 0 aliphatic carbocycles. The van der Waals surface area contributed by atoms with Crippen LogP contribution in [0.3, 0.4) is 0 Å². The molecule has 0 unspecified atom stereocenters. The Labute approximate surface area is 143 Å². The Kier molecular flexibility index (Phi) is 4.54. The van der Waals surface area contributed by atoms with E-state index in [0.717, 1.165) is 22.0 Å². The van der Waals surface area contributed by atoms with Gasteiger partial charge in [-0.15, -0.1) is 0 Å². The van der Waals surface area contributed by atoms with Gasteiger partial charge < -0.3 is 14.4 Å². The van der Waals surface area contributed by atoms with Crippen LogP contribution < -0.4 is 0 Å². The maximum Gasteiger partial charge on any atom is 0.323 e. The quantitative estimate of drug-likeness (QED) is 0.845. The average Bonchev–Trinajstić information content (AvgIpc) is 3.07. The van der Waals surface area contributed by atoms with E-state index < -0.39 is 5.97 Å². The fourth-order valence-corrected chi connectivity index (χ4v) is 3.61. The number of furan rings is 1. The summed E-state index contributed by atoms with van der Waals surface area (Å²) in [5.74, 6) is 0.668. The van der Waals surface area contributed by atoms with E-state index >= 15 is 0 Å². The molecule has 118 valence electrons. The number of benzene rings is 1. The predicted molar refractivity (Wildman–Crippen MR) is 96.3 cm³/mol. The van der Waals surface area contributed by atoms with E-state index in [1.807, 2.05) is 49.4 Å². The molecule has 0 amide bonds. The third-order valence-corrected chi connectivity index (χ3v) is 4.87. The van der Waals surface area contributed by atoms with Crippen LogP contribution in [0.4, 0.5) is 0 Å². The molecule has 4 nitrogen and oxygen atoms in total. The third-order valence-electron chi connectivity index (χ3n) is 3.42. The van der Waals surface area contributed by atoms with E-state index in [1.165, 1.54) is 17.3 Å². The lowest BCUT2D eigenvalue weighted by atomic mass is 10.1. The van der Waals surface area contributed by atoms with Crippen LogP contribution in [-0.4, -0.2) is 33.4 Å². The standard InChI is InChI=1S/C17H15NO3S2/c1-11-2-4-12(5-3-11)15-7-6-13(21-15)8-14-9-18(10-16(19)20)17(22)23-14/h2-8H,9-10H2,1H3,(H,19,20)/b14-8-. The molecule has 0 bridgehead atoms. The van der Waals surface area contributed by atoms with Gasteiger partial charge in [0.2, 0.25) is 0 Å². The summed E-state index contributed by atoms with van der Waals surface area (Å²) in [4.78, 5) is 13.5. The number of carboxylic acid groups (broad SMARTS) is 1. The summed E-state index contributed by atoms with van der Waals surface area (Å²) in [6.07, 6.45) is 1.91. The normalized spacial score (nSPS) is 16.3. The first-order valence-corrected chi connectivity index (χ1v) is 8.30. The number of carbonyl (C=O) groups is 1. The van der Waals surface area contributed by atoms with Crippen LogP contribution >= 0.6 is 24.0 Å². The maximum absolute atomic E-state index is 10.8. The second-order valence-corrected chi connectivity index (χ2v) is 7.06. The summed E-state index contributed by atoms with van der Waals surface area (Å²) in [7, 11) is 0. The number of aryl methyl sites for hydroxylation is 1. The van der Waals surface area contributed by atoms with E-state index in [9.17, 15) is 4.79 Å². The van der Waals surface area contributed by atoms with Crippen molar-refractivity contribution in [1.82, 2.24) is 4.90 Å². The Bertz CT molecular complexity index is 777. The van der Waals surface area contributed by atoms with Crippen LogP contribution in [0, 0.1) is 6.92 Å². The van der Waals surface area contributed by atoms with Gasteiger partial charge in [-0.2, -0.15) is 0 Å². The highest BCUT2D eigenvalue weighted by Gasteiger charge is 2.24. The first-order chi connectivity index (χ1) is 11.0. The van der Waals surface area contributed by atoms with Crippen LogP contribution in [0.25, 0.3) is 17.4 Å². The second-order valence-electron chi connectivity index (χ2n) is 5.30. The number of hydrogen-bond donors (Lipinski definition) is 1. The Balaban J connectivity index is 1.75. The average molecular weight is 345 g/mol. The highest BCUT2D eigenvalue weighted by atomic mass is 32.2. The van der Waals surface area contributed by atoms with Crippen LogP contribution in [0.15, 0.2) is 45.7 Å². The first-order valence-electron chi connectivity index (χ1n) is 7.07. The molecule has 1 fully saturated rings. The smallest absolute Gasteiger partial charge is 0.323 e. The maximum atomic E-state index is 10.8. The second kappa shape index (κ2) is 6.60. The fourth-order valence-electron chi connectivity index (χ4n) is 2.28. The predicted octanol–water partition coefficient (Wildman–Crippen LogP) is 4.01. The van der Waals surface area contributed by atoms with Crippen LogP contribution in [0.2, 0.25) is 0 Å². The SMILES string of the molecule is Cc1ccc(-c2ccc(/C=C3/CN(CC(=O)O)C(=S)S3)o2)cc1. The molecule has 1 saturated heterocycles. The summed E-state index contributed by atoms with van der Waals surface area (Å²) < 4.78 is 6.44. The van der Waals surface area contributed by atoms with Gasteiger partial charge in [0.25, 0.3) is 0 Å². The molecule has 1 aromatic carbocycles. The lowest BCUT2D eigenvalue weighted by molar-refractivity contribution is -0.137. The van der Waals surface area contributed by atoms with Crippen molar-refractivity contribution in [2.24, 2.45) is 0 Å². The van der Waals surface area contributed by atoms with E-state index in [1.54, 1.807) is 4.90 Å². The van der Waals surface area contributed by atoms with Crippen molar-refractivity contribution in [2.45, 2.75) is 6.92 Å². The topological polar surface area (TPSA) is 53.7 Å². The molecule has 6 heteroatoms. The molecule has 0 radical (unpaired) electrons. The summed E-state index contributed by atoms with van der Waals surface area (Å²) in [5, 5.41) is 8.87. The molecule has 1 N–H and O–H groups in total. The Morgan fingerprint density at radius 1 is 1.35 bits per heavy atom. The fraction of sp³-hybridized carbons (Fsp3) is 0.176. The van der Waals surface area contributed by atoms with E-state index in [2.05, 4.69) is 0 Å². The van der Waals surface area contributed by atoms with Crippen molar-refractivity contribution < 1.29 is 14.3 Å². The van der Waals surface area contributed by atoms with E-state index in [0.29, 0.717) is 10.9 Å². The highest BCUT2D eigenvalue weighted by molar-refractivity contribution is 8.25. The van der Waals surface area contributed by atoms with Gasteiger partial charge in [0.1, 0.15) is 22.4 Å². The largest absolute Gasteiger partial charge is 0.480 e. The molecule has 1 aliphatic heterocycles. The lowest BCUT2D eigenvalue weighted by Gasteiger charge is -2.11. The zero-order chi connectivity index (χ0) is 16.4. The Hall–Kier alpha value is -2.05. The molecule has 23 heavy (non-hydrogen) atoms. The zero-order valence-corrected chi connectivity index (χ0v) is 14.1. The molecule has 2 aromatic rings. The van der Waals surface area contributed by atoms with Gasteiger partial charge in [-0.1, -0.05) is 53.8 Å². The highest BCUT2D eigenvalue weighted by Crippen LogP contribution is 2.32. The molecular formula is C17H15NO3S2. The van der Waals surface area contributed by atoms with Gasteiger partial charge in [0.05, 0.1) is 6.54 Å². The summed E-state index contributed by atoms with van der Waals surface area (Å²) in [6.45, 7) is 2.48. The van der Waals surface area contributed by atoms with Crippen molar-refractivity contribution in [3.8, 4) is 11.3 Å². The first kappa shape index (κ1) is 15.8. The molecule has 1 aromatic heterocycles. The van der Waals surface area contributed by atoms with Crippen LogP contribution in [0.1, 0.15) is 11.3 Å². The van der Waals surface area contributed by atoms with E-state index in [-0.39, 0.29) is 6.54 Å². The minimum Gasteiger partial charge on any atom is -0.480 e. The van der Waals surface area contributed by atoms with Crippen LogP contribution in [-0.2, 0) is 4.79 Å². The van der Waals surface area contributed by atoms with E-state index in [4.69, 9.17) is 21.7 Å². The third kappa shape index (κ3) is 3.83. The number of carboxylic acids is 1. The Morgan fingerprint density at radius 2 is 2.09 bits per heavy atom. The number of thioether (sulfide) groups is 1. The molecule has 3 rings (SSSR count). The Morgan fingerprint density at radius 3 is 2.78 bits per heavy atom. The zero-order valence-electron chi connectivity index (χ0n) is 12.5. The van der Waals surface area contributed by atoms with Crippen molar-refractivity contribution in [2.75, 3.05) is 13.1 Å². The minimum atomic E-state index is -0.881. The summed E-state index contributed by atoms with van der Waals surface area (Å²) in [6, 6.07) is 12.0. The molecular weight excluding hydrogens is 330 g/mol. The molecule has 2 heterocycles. The number of thiocarbonyl (C=S) groups is 1. The van der Waals surface area contributed by atoms with Gasteiger partial charge in [-0.25, -0.2) is 0 Å².